The lowest BCUT2D eigenvalue weighted by Gasteiger charge is -2.04. The van der Waals surface area contributed by atoms with Gasteiger partial charge in [0.2, 0.25) is 5.55 Å². The molecule has 0 radical (unpaired) electrons. The average Bonchev–Trinajstić information content (AvgIpc) is 2.87. The van der Waals surface area contributed by atoms with Crippen molar-refractivity contribution in [1.82, 2.24) is 0 Å². The lowest BCUT2D eigenvalue weighted by Crippen LogP contribution is -2.16. The third-order valence-corrected chi connectivity index (χ3v) is 3.74. The molecule has 0 atom stereocenters. The van der Waals surface area contributed by atoms with Crippen molar-refractivity contribution in [3.05, 3.63) is 40.8 Å². The van der Waals surface area contributed by atoms with E-state index in [1.54, 1.807) is 24.3 Å². The Bertz CT molecular complexity index is 831. The first-order valence-electron chi connectivity index (χ1n) is 5.86. The molecule has 0 aliphatic rings. The fourth-order valence-electron chi connectivity index (χ4n) is 2.00. The number of hydrogen-bond donors (Lipinski definition) is 1. The Morgan fingerprint density at radius 1 is 1.42 bits per heavy atom. The average molecular weight is 273 g/mol. The van der Waals surface area contributed by atoms with E-state index >= 15 is 0 Å². The molecule has 0 aliphatic heterocycles. The number of thiophene rings is 1. The van der Waals surface area contributed by atoms with Gasteiger partial charge in [-0.25, -0.2) is 4.79 Å². The predicted molar refractivity (Wildman–Crippen MR) is 73.4 cm³/mol. The number of rotatable bonds is 2. The van der Waals surface area contributed by atoms with Gasteiger partial charge in [-0.05, 0) is 36.6 Å². The molecule has 0 spiro atoms. The fourth-order valence-corrected chi connectivity index (χ4v) is 2.79. The van der Waals surface area contributed by atoms with Gasteiger partial charge in [0.25, 0.3) is 0 Å². The summed E-state index contributed by atoms with van der Waals surface area (Å²) < 4.78 is 11.5. The fraction of sp³-hybridized carbons (Fsp3) is 0.143. The summed E-state index contributed by atoms with van der Waals surface area (Å²) in [6, 6.07) is 7.47. The molecule has 2 aromatic heterocycles. The monoisotopic (exact) mass is 273 g/mol. The van der Waals surface area contributed by atoms with Gasteiger partial charge in [0, 0.05) is 15.5 Å². The van der Waals surface area contributed by atoms with Crippen molar-refractivity contribution in [2.24, 2.45) is 0 Å². The second-order valence-electron chi connectivity index (χ2n) is 4.03. The highest BCUT2D eigenvalue weighted by atomic mass is 32.1. The maximum absolute atomic E-state index is 11.7. The van der Waals surface area contributed by atoms with E-state index in [-0.39, 0.29) is 17.7 Å². The lowest BCUT2D eigenvalue weighted by atomic mass is 10.1. The van der Waals surface area contributed by atoms with Gasteiger partial charge in [-0.3, -0.25) is 5.41 Å². The standard InChI is InChI=1S/C14H11NO3S/c1-2-17-14(16)10-7-8-3-4-11-9(5-6-19-11)12(8)18-13(10)15/h3-7,15H,2H2,1H3. The first-order valence-corrected chi connectivity index (χ1v) is 6.74. The molecule has 0 aliphatic carbocycles. The number of nitrogens with one attached hydrogen (secondary N) is 1. The van der Waals surface area contributed by atoms with Crippen molar-refractivity contribution in [2.75, 3.05) is 6.61 Å². The van der Waals surface area contributed by atoms with Crippen LogP contribution >= 0.6 is 11.3 Å². The van der Waals surface area contributed by atoms with E-state index in [1.807, 2.05) is 23.6 Å². The van der Waals surface area contributed by atoms with Gasteiger partial charge in [0.05, 0.1) is 6.61 Å². The van der Waals surface area contributed by atoms with Gasteiger partial charge in [-0.15, -0.1) is 11.3 Å². The molecule has 0 fully saturated rings. The SMILES string of the molecule is CCOC(=O)c1cc2ccc3sccc3c2oc1=N. The van der Waals surface area contributed by atoms with Crippen molar-refractivity contribution in [2.45, 2.75) is 6.92 Å². The van der Waals surface area contributed by atoms with E-state index in [2.05, 4.69) is 0 Å². The predicted octanol–water partition coefficient (Wildman–Crippen LogP) is 3.30. The van der Waals surface area contributed by atoms with Crippen LogP contribution in [0.15, 0.2) is 34.1 Å². The molecule has 96 valence electrons. The van der Waals surface area contributed by atoms with E-state index in [0.29, 0.717) is 5.58 Å². The first kappa shape index (κ1) is 11.9. The molecule has 1 N–H and O–H groups in total. The van der Waals surface area contributed by atoms with Crippen LogP contribution in [-0.4, -0.2) is 12.6 Å². The second kappa shape index (κ2) is 4.51. The van der Waals surface area contributed by atoms with E-state index in [1.165, 1.54) is 0 Å². The Hall–Kier alpha value is -2.14. The normalized spacial score (nSPS) is 11.0. The molecule has 0 bridgehead atoms. The zero-order valence-electron chi connectivity index (χ0n) is 10.2. The molecule has 1 aromatic carbocycles. The summed E-state index contributed by atoms with van der Waals surface area (Å²) >= 11 is 1.61. The zero-order chi connectivity index (χ0) is 13.4. The van der Waals surface area contributed by atoms with Gasteiger partial charge >= 0.3 is 5.97 Å². The third-order valence-electron chi connectivity index (χ3n) is 2.86. The van der Waals surface area contributed by atoms with Gasteiger partial charge in [-0.2, -0.15) is 0 Å². The van der Waals surface area contributed by atoms with E-state index in [9.17, 15) is 4.79 Å². The Kier molecular flexibility index (Phi) is 2.83. The number of ether oxygens (including phenoxy) is 1. The smallest absolute Gasteiger partial charge is 0.343 e. The molecule has 0 amide bonds. The maximum Gasteiger partial charge on any atom is 0.343 e. The van der Waals surface area contributed by atoms with Crippen molar-refractivity contribution in [1.29, 1.82) is 5.41 Å². The van der Waals surface area contributed by atoms with Crippen LogP contribution in [0.25, 0.3) is 21.1 Å². The van der Waals surface area contributed by atoms with Gasteiger partial charge < -0.3 is 9.15 Å². The number of carbonyl (C=O) groups excluding carboxylic acids is 1. The summed E-state index contributed by atoms with van der Waals surface area (Å²) in [5.41, 5.74) is 0.630. The van der Waals surface area contributed by atoms with E-state index < -0.39 is 5.97 Å². The minimum atomic E-state index is -0.524. The summed E-state index contributed by atoms with van der Waals surface area (Å²) in [6.07, 6.45) is 0. The molecule has 0 saturated carbocycles. The minimum absolute atomic E-state index is 0.156. The maximum atomic E-state index is 11.7. The molecule has 19 heavy (non-hydrogen) atoms. The molecule has 0 unspecified atom stereocenters. The van der Waals surface area contributed by atoms with Crippen LogP contribution in [-0.2, 0) is 4.74 Å². The zero-order valence-corrected chi connectivity index (χ0v) is 11.0. The van der Waals surface area contributed by atoms with Crippen LogP contribution in [0.4, 0.5) is 0 Å². The van der Waals surface area contributed by atoms with Crippen LogP contribution in [0.2, 0.25) is 0 Å². The summed E-state index contributed by atoms with van der Waals surface area (Å²) in [6.45, 7) is 2.01. The molecule has 0 saturated heterocycles. The summed E-state index contributed by atoms with van der Waals surface area (Å²) in [4.78, 5) is 11.7. The third kappa shape index (κ3) is 1.92. The van der Waals surface area contributed by atoms with Crippen molar-refractivity contribution in [3.63, 3.8) is 0 Å². The Morgan fingerprint density at radius 3 is 3.05 bits per heavy atom. The topological polar surface area (TPSA) is 63.3 Å². The number of carbonyl (C=O) groups is 1. The van der Waals surface area contributed by atoms with Gasteiger partial charge in [0.15, 0.2) is 0 Å². The lowest BCUT2D eigenvalue weighted by molar-refractivity contribution is 0.0521. The molecule has 4 nitrogen and oxygen atoms in total. The van der Waals surface area contributed by atoms with Crippen LogP contribution < -0.4 is 5.55 Å². The van der Waals surface area contributed by atoms with E-state index in [0.717, 1.165) is 15.5 Å². The van der Waals surface area contributed by atoms with Gasteiger partial charge in [0.1, 0.15) is 11.1 Å². The molecule has 5 heteroatoms. The number of benzene rings is 1. The molecule has 2 heterocycles. The number of esters is 1. The quantitative estimate of drug-likeness (QED) is 0.729. The summed E-state index contributed by atoms with van der Waals surface area (Å²) in [5, 5.41) is 11.6. The number of hydrogen-bond acceptors (Lipinski definition) is 5. The first-order chi connectivity index (χ1) is 9.20. The van der Waals surface area contributed by atoms with Gasteiger partial charge in [-0.1, -0.05) is 0 Å². The van der Waals surface area contributed by atoms with Crippen molar-refractivity contribution < 1.29 is 13.9 Å². The van der Waals surface area contributed by atoms with Crippen LogP contribution in [0.1, 0.15) is 17.3 Å². The van der Waals surface area contributed by atoms with Crippen LogP contribution in [0.3, 0.4) is 0 Å². The number of fused-ring (bicyclic) bond motifs is 3. The van der Waals surface area contributed by atoms with Crippen molar-refractivity contribution >= 4 is 38.4 Å². The minimum Gasteiger partial charge on any atom is -0.462 e. The largest absolute Gasteiger partial charge is 0.462 e. The highest BCUT2D eigenvalue weighted by molar-refractivity contribution is 7.17. The summed E-state index contributed by atoms with van der Waals surface area (Å²) in [5.74, 6) is -0.524. The molecule has 3 rings (SSSR count). The highest BCUT2D eigenvalue weighted by Gasteiger charge is 2.13. The molecular weight excluding hydrogens is 262 g/mol. The van der Waals surface area contributed by atoms with E-state index in [4.69, 9.17) is 14.6 Å². The Balaban J connectivity index is 2.29. The Labute approximate surface area is 112 Å². The van der Waals surface area contributed by atoms with Crippen LogP contribution in [0.5, 0.6) is 0 Å². The van der Waals surface area contributed by atoms with Crippen molar-refractivity contribution in [3.8, 4) is 0 Å². The Morgan fingerprint density at radius 2 is 2.26 bits per heavy atom. The molecule has 3 aromatic rings. The summed E-state index contributed by atoms with van der Waals surface area (Å²) in [7, 11) is 0. The van der Waals surface area contributed by atoms with Crippen LogP contribution in [0, 0.1) is 5.41 Å². The second-order valence-corrected chi connectivity index (χ2v) is 4.97. The molecular formula is C14H11NO3S. The highest BCUT2D eigenvalue weighted by Crippen LogP contribution is 2.28.